The second-order valence-electron chi connectivity index (χ2n) is 9.43. The summed E-state index contributed by atoms with van der Waals surface area (Å²) in [5, 5.41) is 5.76. The summed E-state index contributed by atoms with van der Waals surface area (Å²) < 4.78 is 5.23. The standard InChI is InChI=1S/C24H28N2O3/c27-21(25-14-20-7-4-8-29-20)15-26-22(28)24-12-17-9-18(13-24)11-23(10-17,16-24)19-5-2-1-3-6-19/h1-8,17-18H,9-16H2,(H,25,27)(H,26,28). The number of carbonyl (C=O) groups is 2. The van der Waals surface area contributed by atoms with Crippen molar-refractivity contribution in [3.05, 3.63) is 60.1 Å². The van der Waals surface area contributed by atoms with Gasteiger partial charge in [0.15, 0.2) is 0 Å². The minimum Gasteiger partial charge on any atom is -0.467 e. The number of nitrogens with one attached hydrogen (secondary N) is 2. The Morgan fingerprint density at radius 1 is 0.966 bits per heavy atom. The van der Waals surface area contributed by atoms with E-state index < -0.39 is 0 Å². The quantitative estimate of drug-likeness (QED) is 0.790. The second-order valence-corrected chi connectivity index (χ2v) is 9.43. The zero-order valence-corrected chi connectivity index (χ0v) is 16.7. The molecule has 2 N–H and O–H groups in total. The summed E-state index contributed by atoms with van der Waals surface area (Å²) in [5.74, 6) is 1.83. The Hall–Kier alpha value is -2.56. The van der Waals surface area contributed by atoms with Gasteiger partial charge in [0.1, 0.15) is 5.76 Å². The Balaban J connectivity index is 1.26. The maximum atomic E-state index is 13.3. The van der Waals surface area contributed by atoms with E-state index in [0.29, 0.717) is 24.1 Å². The first-order chi connectivity index (χ1) is 14.1. The maximum absolute atomic E-state index is 13.3. The molecule has 0 spiro atoms. The van der Waals surface area contributed by atoms with Crippen LogP contribution in [-0.2, 0) is 21.5 Å². The summed E-state index contributed by atoms with van der Waals surface area (Å²) in [6, 6.07) is 14.4. The average molecular weight is 392 g/mol. The third kappa shape index (κ3) is 3.37. The Labute approximate surface area is 171 Å². The largest absolute Gasteiger partial charge is 0.467 e. The Bertz CT molecular complexity index is 876. The minimum atomic E-state index is -0.318. The highest BCUT2D eigenvalue weighted by atomic mass is 16.3. The van der Waals surface area contributed by atoms with E-state index in [2.05, 4.69) is 41.0 Å². The summed E-state index contributed by atoms with van der Waals surface area (Å²) in [7, 11) is 0. The van der Waals surface area contributed by atoms with Gasteiger partial charge >= 0.3 is 0 Å². The zero-order chi connectivity index (χ0) is 19.9. The first-order valence-corrected chi connectivity index (χ1v) is 10.7. The van der Waals surface area contributed by atoms with E-state index in [-0.39, 0.29) is 29.2 Å². The van der Waals surface area contributed by atoms with E-state index in [1.54, 1.807) is 12.3 Å². The first-order valence-electron chi connectivity index (χ1n) is 10.7. The molecule has 5 nitrogen and oxygen atoms in total. The third-order valence-electron chi connectivity index (χ3n) is 7.38. The molecule has 1 aromatic carbocycles. The van der Waals surface area contributed by atoms with Crippen LogP contribution in [0.2, 0.25) is 0 Å². The molecule has 5 heteroatoms. The molecule has 4 saturated carbocycles. The van der Waals surface area contributed by atoms with Crippen LogP contribution >= 0.6 is 0 Å². The highest BCUT2D eigenvalue weighted by Gasteiger charge is 2.60. The van der Waals surface area contributed by atoms with Crippen molar-refractivity contribution in [3.8, 4) is 0 Å². The van der Waals surface area contributed by atoms with Crippen LogP contribution in [0.5, 0.6) is 0 Å². The number of hydrogen-bond donors (Lipinski definition) is 2. The third-order valence-corrected chi connectivity index (χ3v) is 7.38. The number of furan rings is 1. The summed E-state index contributed by atoms with van der Waals surface area (Å²) in [5.41, 5.74) is 1.20. The molecule has 2 atom stereocenters. The van der Waals surface area contributed by atoms with Gasteiger partial charge in [0, 0.05) is 0 Å². The fraction of sp³-hybridized carbons (Fsp3) is 0.500. The van der Waals surface area contributed by atoms with Gasteiger partial charge in [0.05, 0.1) is 24.8 Å². The lowest BCUT2D eigenvalue weighted by molar-refractivity contribution is -0.149. The van der Waals surface area contributed by atoms with E-state index in [1.165, 1.54) is 24.8 Å². The summed E-state index contributed by atoms with van der Waals surface area (Å²) >= 11 is 0. The molecule has 6 rings (SSSR count). The molecule has 29 heavy (non-hydrogen) atoms. The Kier molecular flexibility index (Phi) is 4.49. The molecule has 4 aliphatic carbocycles. The Morgan fingerprint density at radius 2 is 1.72 bits per heavy atom. The van der Waals surface area contributed by atoms with Crippen LogP contribution in [0.25, 0.3) is 0 Å². The van der Waals surface area contributed by atoms with E-state index in [1.807, 2.05) is 6.07 Å². The Morgan fingerprint density at radius 3 is 2.41 bits per heavy atom. The number of amides is 2. The number of rotatable bonds is 6. The van der Waals surface area contributed by atoms with Crippen molar-refractivity contribution >= 4 is 11.8 Å². The van der Waals surface area contributed by atoms with Gasteiger partial charge in [-0.15, -0.1) is 0 Å². The molecule has 4 bridgehead atoms. The van der Waals surface area contributed by atoms with Gasteiger partial charge in [-0.3, -0.25) is 9.59 Å². The molecule has 0 aliphatic heterocycles. The van der Waals surface area contributed by atoms with Gasteiger partial charge in [-0.25, -0.2) is 0 Å². The molecule has 2 aromatic rings. The van der Waals surface area contributed by atoms with Crippen LogP contribution in [-0.4, -0.2) is 18.4 Å². The van der Waals surface area contributed by atoms with Crippen molar-refractivity contribution in [2.24, 2.45) is 17.3 Å². The first kappa shape index (κ1) is 18.5. The monoisotopic (exact) mass is 392 g/mol. The topological polar surface area (TPSA) is 71.3 Å². The molecule has 152 valence electrons. The molecule has 1 heterocycles. The van der Waals surface area contributed by atoms with Crippen molar-refractivity contribution in [2.45, 2.75) is 50.5 Å². The molecule has 0 radical (unpaired) electrons. The SMILES string of the molecule is O=C(CNC(=O)C12CC3CC(C1)CC(c1ccccc1)(C3)C2)NCc1ccco1. The van der Waals surface area contributed by atoms with Crippen molar-refractivity contribution < 1.29 is 14.0 Å². The molecular weight excluding hydrogens is 364 g/mol. The number of benzene rings is 1. The fourth-order valence-electron chi connectivity index (χ4n) is 6.67. The van der Waals surface area contributed by atoms with E-state index >= 15 is 0 Å². The van der Waals surface area contributed by atoms with Crippen molar-refractivity contribution in [3.63, 3.8) is 0 Å². The number of carbonyl (C=O) groups excluding carboxylic acids is 2. The predicted octanol–water partition coefficient (Wildman–Crippen LogP) is 3.55. The molecule has 4 aliphatic rings. The normalized spacial score (nSPS) is 32.1. The molecule has 1 aromatic heterocycles. The fourth-order valence-corrected chi connectivity index (χ4v) is 6.67. The summed E-state index contributed by atoms with van der Waals surface area (Å²) in [6.07, 6.45) is 8.09. The van der Waals surface area contributed by atoms with Gasteiger partial charge in [0.2, 0.25) is 11.8 Å². The van der Waals surface area contributed by atoms with Crippen LogP contribution in [0, 0.1) is 17.3 Å². The van der Waals surface area contributed by atoms with Crippen molar-refractivity contribution in [1.82, 2.24) is 10.6 Å². The lowest BCUT2D eigenvalue weighted by Gasteiger charge is -2.61. The second kappa shape index (κ2) is 7.05. The van der Waals surface area contributed by atoms with Crippen LogP contribution in [0.15, 0.2) is 53.1 Å². The highest BCUT2D eigenvalue weighted by Crippen LogP contribution is 2.65. The summed E-state index contributed by atoms with van der Waals surface area (Å²) in [4.78, 5) is 25.5. The lowest BCUT2D eigenvalue weighted by Crippen LogP contribution is -2.59. The van der Waals surface area contributed by atoms with Crippen LogP contribution in [0.3, 0.4) is 0 Å². The van der Waals surface area contributed by atoms with Gasteiger partial charge in [0.25, 0.3) is 0 Å². The van der Waals surface area contributed by atoms with Crippen LogP contribution in [0.4, 0.5) is 0 Å². The van der Waals surface area contributed by atoms with Gasteiger partial charge in [-0.05, 0) is 73.5 Å². The van der Waals surface area contributed by atoms with Crippen molar-refractivity contribution in [2.75, 3.05) is 6.54 Å². The van der Waals surface area contributed by atoms with Gasteiger partial charge in [-0.2, -0.15) is 0 Å². The highest BCUT2D eigenvalue weighted by molar-refractivity contribution is 5.88. The van der Waals surface area contributed by atoms with Gasteiger partial charge in [-0.1, -0.05) is 30.3 Å². The maximum Gasteiger partial charge on any atom is 0.239 e. The molecule has 2 amide bonds. The molecule has 0 saturated heterocycles. The van der Waals surface area contributed by atoms with Crippen molar-refractivity contribution in [1.29, 1.82) is 0 Å². The molecular formula is C24H28N2O3. The molecule has 4 fully saturated rings. The smallest absolute Gasteiger partial charge is 0.239 e. The van der Waals surface area contributed by atoms with E-state index in [4.69, 9.17) is 4.42 Å². The minimum absolute atomic E-state index is 0.0228. The lowest BCUT2D eigenvalue weighted by atomic mass is 9.42. The van der Waals surface area contributed by atoms with Gasteiger partial charge < -0.3 is 15.1 Å². The molecule has 2 unspecified atom stereocenters. The summed E-state index contributed by atoms with van der Waals surface area (Å²) in [6.45, 7) is 0.364. The number of hydrogen-bond acceptors (Lipinski definition) is 3. The van der Waals surface area contributed by atoms with Crippen LogP contribution < -0.4 is 10.6 Å². The average Bonchev–Trinajstić information content (AvgIpc) is 3.24. The van der Waals surface area contributed by atoms with Crippen LogP contribution in [0.1, 0.15) is 49.8 Å². The van der Waals surface area contributed by atoms with E-state index in [0.717, 1.165) is 19.3 Å². The zero-order valence-electron chi connectivity index (χ0n) is 16.7. The predicted molar refractivity (Wildman–Crippen MR) is 109 cm³/mol. The van der Waals surface area contributed by atoms with E-state index in [9.17, 15) is 9.59 Å².